The van der Waals surface area contributed by atoms with Crippen molar-refractivity contribution in [3.8, 4) is 0 Å². The van der Waals surface area contributed by atoms with Crippen LogP contribution in [0.5, 0.6) is 0 Å². The van der Waals surface area contributed by atoms with Gasteiger partial charge in [0.2, 0.25) is 0 Å². The summed E-state index contributed by atoms with van der Waals surface area (Å²) in [7, 11) is 5.43. The molecule has 0 spiro atoms. The molecule has 592 valence electrons. The van der Waals surface area contributed by atoms with Gasteiger partial charge in [0.1, 0.15) is 27.2 Å². The fourth-order valence-corrected chi connectivity index (χ4v) is 13.4. The van der Waals surface area contributed by atoms with E-state index in [0.29, 0.717) is 53.5 Å². The predicted octanol–water partition coefficient (Wildman–Crippen LogP) is 13.3. The highest BCUT2D eigenvalue weighted by atomic mass is 35.5. The van der Waals surface area contributed by atoms with Crippen molar-refractivity contribution in [3.05, 3.63) is 80.6 Å². The first-order chi connectivity index (χ1) is 48.1. The second-order valence-corrected chi connectivity index (χ2v) is 34.5. The Balaban J connectivity index is 0.000000321. The maximum Gasteiger partial charge on any atom is 0.410 e. The summed E-state index contributed by atoms with van der Waals surface area (Å²) in [5, 5.41) is 57.4. The zero-order chi connectivity index (χ0) is 78.8. The highest BCUT2D eigenvalue weighted by Crippen LogP contribution is 2.35. The monoisotopic (exact) mass is 1520 g/mol. The number of ether oxygens (including phenoxy) is 3. The van der Waals surface area contributed by atoms with Gasteiger partial charge in [0.25, 0.3) is 0 Å². The summed E-state index contributed by atoms with van der Waals surface area (Å²) in [5.41, 5.74) is -0.599. The molecule has 3 aromatic rings. The third-order valence-electron chi connectivity index (χ3n) is 19.2. The van der Waals surface area contributed by atoms with Crippen molar-refractivity contribution in [2.45, 2.75) is 234 Å². The molecule has 2 aromatic heterocycles. The number of nitrogens with one attached hydrogen (secondary N) is 2. The third kappa shape index (κ3) is 34.9. The van der Waals surface area contributed by atoms with Crippen molar-refractivity contribution < 1.29 is 68.1 Å². The van der Waals surface area contributed by atoms with E-state index in [1.54, 1.807) is 35.8 Å². The first-order valence-electron chi connectivity index (χ1n) is 37.0. The first kappa shape index (κ1) is 93.2. The molecule has 0 saturated carbocycles. The third-order valence-corrected chi connectivity index (χ3v) is 19.9. The number of halogens is 4. The van der Waals surface area contributed by atoms with E-state index >= 15 is 0 Å². The van der Waals surface area contributed by atoms with E-state index in [0.717, 1.165) is 159 Å². The maximum absolute atomic E-state index is 12.4. The van der Waals surface area contributed by atoms with Gasteiger partial charge in [-0.15, -0.1) is 0 Å². The van der Waals surface area contributed by atoms with E-state index in [-0.39, 0.29) is 52.7 Å². The number of aldehydes is 2. The number of piperidine rings is 6. The van der Waals surface area contributed by atoms with Gasteiger partial charge in [-0.05, 0) is 269 Å². The minimum atomic E-state index is -0.735. The van der Waals surface area contributed by atoms with Gasteiger partial charge in [0.05, 0.1) is 52.4 Å². The number of carbonyl (C=O) groups excluding carboxylic acids is 5. The zero-order valence-corrected chi connectivity index (χ0v) is 68.3. The van der Waals surface area contributed by atoms with Crippen LogP contribution in [0.25, 0.3) is 0 Å². The number of pyridine rings is 2. The molecule has 7 N–H and O–H groups in total. The molecule has 6 unspecified atom stereocenters. The second kappa shape index (κ2) is 42.6. The Kier molecular flexibility index (Phi) is 38.2. The van der Waals surface area contributed by atoms with Gasteiger partial charge in [0.15, 0.2) is 18.4 Å². The van der Waals surface area contributed by atoms with Crippen LogP contribution in [0.15, 0.2) is 42.5 Å². The highest BCUT2D eigenvalue weighted by molar-refractivity contribution is 6.31. The number of esters is 1. The van der Waals surface area contributed by atoms with E-state index in [1.807, 2.05) is 123 Å². The van der Waals surface area contributed by atoms with Gasteiger partial charge < -0.3 is 74.9 Å². The molecule has 6 aliphatic rings. The normalized spacial score (nSPS) is 21.3. The number of nitrogens with zero attached hydrogens (tertiary/aromatic N) is 7. The van der Waals surface area contributed by atoms with Crippen molar-refractivity contribution in [2.75, 3.05) is 110 Å². The number of anilines is 2. The SMILES string of the molecule is CC(C)(C)OC(=O)N1CCCC(C(C)(C)O)C1.CC(C)(O)C1CCCN(c2ccc(Cl)cc2C=O)C1.CC(C)(O)C1CCCNC1.CC(C)(O)C1CCCNC1.CN(C)Cc1nc(Cl)ccc1N1CCCC(C(C)(C)O)C1.COC(=O)C1CCCN(C(=O)OC(C)(C)C)C1.O=Cc1nc(Cl)ccc1F. The Labute approximate surface area is 636 Å². The molecule has 2 amide bonds. The Hall–Kier alpha value is -5.05. The molecule has 22 nitrogen and oxygen atoms in total. The van der Waals surface area contributed by atoms with Crippen LogP contribution in [0, 0.1) is 41.3 Å². The lowest BCUT2D eigenvalue weighted by molar-refractivity contribution is -0.147. The molecule has 1 aromatic carbocycles. The number of benzene rings is 1. The topological polar surface area (TPSA) is 280 Å². The molecule has 9 rings (SSSR count). The predicted molar refractivity (Wildman–Crippen MR) is 414 cm³/mol. The van der Waals surface area contributed by atoms with E-state index in [9.17, 15) is 53.9 Å². The van der Waals surface area contributed by atoms with E-state index in [2.05, 4.69) is 41.4 Å². The second-order valence-electron chi connectivity index (χ2n) is 33.3. The Bertz CT molecular complexity index is 3060. The number of hydrogen-bond acceptors (Lipinski definition) is 20. The Morgan fingerprint density at radius 2 is 0.942 bits per heavy atom. The standard InChI is InChI=1S/C16H26ClN3O.C15H20ClNO2.C13H25NO3.C12H21NO4.2C8H17NO.C6H3ClFNO/c1-16(2,21)12-6-5-9-20(10-12)14-7-8-15(17)18-13(14)11-19(3)4;1-15(2,19)12-4-3-7-17(9-12)14-6-5-13(16)8-11(14)10-18;1-12(2,3)17-11(15)14-8-6-7-10(9-14)13(4,5)16;1-12(2,3)17-11(15)13-7-5-6-9(8-13)10(14)16-4;2*1-8(2,10)7-4-3-5-9-6-7;7-6-2-1-4(8)5(3-10)9-6/h7-8,12,21H,5-6,9-11H2,1-4H3;5-6,8,10,12,19H,3-4,7,9H2,1-2H3;10,16H,6-9H2,1-5H3;9H,5-8H2,1-4H3;2*7,9-10H,3-6H2,1-2H3;1-3H. The summed E-state index contributed by atoms with van der Waals surface area (Å²) < 4.78 is 27.7. The van der Waals surface area contributed by atoms with Crippen molar-refractivity contribution >= 4 is 76.9 Å². The number of methoxy groups -OCH3 is 1. The van der Waals surface area contributed by atoms with Gasteiger partial charge in [-0.3, -0.25) is 14.4 Å². The van der Waals surface area contributed by atoms with Crippen LogP contribution in [0.2, 0.25) is 15.3 Å². The van der Waals surface area contributed by atoms with Gasteiger partial charge in [-0.2, -0.15) is 0 Å². The van der Waals surface area contributed by atoms with Crippen molar-refractivity contribution in [1.82, 2.24) is 35.3 Å². The summed E-state index contributed by atoms with van der Waals surface area (Å²) in [4.78, 5) is 74.1. The number of likely N-dealkylation sites (tertiary alicyclic amines) is 2. The van der Waals surface area contributed by atoms with Crippen LogP contribution in [0.1, 0.15) is 214 Å². The van der Waals surface area contributed by atoms with Crippen molar-refractivity contribution in [3.63, 3.8) is 0 Å². The molecule has 6 aliphatic heterocycles. The summed E-state index contributed by atoms with van der Waals surface area (Å²) >= 11 is 17.3. The number of aliphatic hydroxyl groups is 5. The van der Waals surface area contributed by atoms with Crippen LogP contribution in [0.3, 0.4) is 0 Å². The zero-order valence-electron chi connectivity index (χ0n) is 66.0. The summed E-state index contributed by atoms with van der Waals surface area (Å²) in [6.45, 7) is 40.6. The average Bonchev–Trinajstić information content (AvgIpc) is 0.818. The molecule has 6 atom stereocenters. The van der Waals surface area contributed by atoms with Crippen LogP contribution in [-0.2, 0) is 25.5 Å². The fraction of sp³-hybridized carbons (Fsp3) is 0.731. The van der Waals surface area contributed by atoms with Crippen molar-refractivity contribution in [1.29, 1.82) is 0 Å². The quantitative estimate of drug-likeness (QED) is 0.0384. The van der Waals surface area contributed by atoms with E-state index < -0.39 is 45.0 Å². The average molecular weight is 1530 g/mol. The van der Waals surface area contributed by atoms with Crippen LogP contribution in [-0.4, -0.2) is 220 Å². The van der Waals surface area contributed by atoms with Crippen molar-refractivity contribution in [2.24, 2.45) is 35.5 Å². The number of aromatic nitrogens is 2. The number of hydrogen-bond donors (Lipinski definition) is 7. The maximum atomic E-state index is 12.4. The van der Waals surface area contributed by atoms with E-state index in [4.69, 9.17) is 49.0 Å². The molecule has 6 fully saturated rings. The number of amides is 2. The van der Waals surface area contributed by atoms with Gasteiger partial charge >= 0.3 is 18.2 Å². The molecule has 26 heteroatoms. The Morgan fingerprint density at radius 1 is 0.538 bits per heavy atom. The van der Waals surface area contributed by atoms with Crippen LogP contribution < -0.4 is 20.4 Å². The molecule has 0 aliphatic carbocycles. The summed E-state index contributed by atoms with van der Waals surface area (Å²) in [6.07, 6.45) is 12.9. The molecule has 0 radical (unpaired) electrons. The highest BCUT2D eigenvalue weighted by Gasteiger charge is 2.38. The summed E-state index contributed by atoms with van der Waals surface area (Å²) in [5.74, 6) is 0.399. The van der Waals surface area contributed by atoms with Gasteiger partial charge in [-0.25, -0.2) is 23.9 Å². The first-order valence-corrected chi connectivity index (χ1v) is 38.1. The minimum Gasteiger partial charge on any atom is -0.469 e. The van der Waals surface area contributed by atoms with Crippen LogP contribution >= 0.6 is 34.8 Å². The molecular weight excluding hydrogens is 1400 g/mol. The van der Waals surface area contributed by atoms with Crippen LogP contribution in [0.4, 0.5) is 25.4 Å². The molecule has 104 heavy (non-hydrogen) atoms. The minimum absolute atomic E-state index is 0.114. The fourth-order valence-electron chi connectivity index (χ4n) is 12.9. The van der Waals surface area contributed by atoms with Gasteiger partial charge in [0, 0.05) is 106 Å². The smallest absolute Gasteiger partial charge is 0.410 e. The molecule has 6 saturated heterocycles. The van der Waals surface area contributed by atoms with Gasteiger partial charge in [-0.1, -0.05) is 34.8 Å². The molecule has 0 bridgehead atoms. The molecule has 8 heterocycles. The lowest BCUT2D eigenvalue weighted by atomic mass is 9.84. The van der Waals surface area contributed by atoms with E-state index in [1.165, 1.54) is 26.0 Å². The largest absolute Gasteiger partial charge is 0.469 e. The lowest BCUT2D eigenvalue weighted by Gasteiger charge is -2.40. The Morgan fingerprint density at radius 3 is 1.34 bits per heavy atom. The molecular formula is C78H129Cl3FN9O13. The summed E-state index contributed by atoms with van der Waals surface area (Å²) in [6, 6.07) is 11.7. The number of carbonyl (C=O) groups is 5. The number of rotatable bonds is 12. The lowest BCUT2D eigenvalue weighted by Crippen LogP contribution is -2.48.